The summed E-state index contributed by atoms with van der Waals surface area (Å²) in [6.07, 6.45) is 1.09. The van der Waals surface area contributed by atoms with Gasteiger partial charge in [-0.1, -0.05) is 22.9 Å². The maximum absolute atomic E-state index is 13.2. The molecule has 2 unspecified atom stereocenters. The molecule has 0 saturated carbocycles. The van der Waals surface area contributed by atoms with Crippen molar-refractivity contribution in [2.24, 2.45) is 5.92 Å². The Morgan fingerprint density at radius 1 is 1.47 bits per heavy atom. The van der Waals surface area contributed by atoms with Crippen LogP contribution in [-0.2, 0) is 0 Å². The molecule has 1 heterocycles. The average Bonchev–Trinajstić information content (AvgIpc) is 2.23. The highest BCUT2D eigenvalue weighted by Gasteiger charge is 2.24. The molecule has 3 heteroatoms. The van der Waals surface area contributed by atoms with E-state index in [4.69, 9.17) is 0 Å². The zero-order valence-electron chi connectivity index (χ0n) is 8.76. The van der Waals surface area contributed by atoms with Gasteiger partial charge in [-0.15, -0.1) is 0 Å². The summed E-state index contributed by atoms with van der Waals surface area (Å²) in [6.45, 7) is 4.26. The Morgan fingerprint density at radius 3 is 3.00 bits per heavy atom. The largest absolute Gasteiger partial charge is 0.316 e. The van der Waals surface area contributed by atoms with E-state index in [1.54, 1.807) is 12.1 Å². The van der Waals surface area contributed by atoms with Crippen molar-refractivity contribution >= 4 is 15.9 Å². The van der Waals surface area contributed by atoms with Gasteiger partial charge in [0.05, 0.1) is 0 Å². The van der Waals surface area contributed by atoms with Crippen molar-refractivity contribution in [3.05, 3.63) is 34.1 Å². The second-order valence-electron chi connectivity index (χ2n) is 4.24. The average molecular weight is 272 g/mol. The van der Waals surface area contributed by atoms with E-state index in [1.807, 2.05) is 0 Å². The number of hydrogen-bond acceptors (Lipinski definition) is 1. The van der Waals surface area contributed by atoms with Crippen LogP contribution in [0.25, 0.3) is 0 Å². The minimum Gasteiger partial charge on any atom is -0.316 e. The maximum Gasteiger partial charge on any atom is 0.123 e. The zero-order valence-corrected chi connectivity index (χ0v) is 10.3. The number of piperidine rings is 1. The van der Waals surface area contributed by atoms with Crippen LogP contribution in [0, 0.1) is 11.7 Å². The van der Waals surface area contributed by atoms with Crippen LogP contribution in [0.4, 0.5) is 4.39 Å². The van der Waals surface area contributed by atoms with Crippen LogP contribution in [0.2, 0.25) is 0 Å². The van der Waals surface area contributed by atoms with Gasteiger partial charge in [0.15, 0.2) is 0 Å². The first-order chi connectivity index (χ1) is 7.18. The first-order valence-corrected chi connectivity index (χ1v) is 6.13. The molecule has 15 heavy (non-hydrogen) atoms. The lowest BCUT2D eigenvalue weighted by atomic mass is 9.82. The van der Waals surface area contributed by atoms with Crippen LogP contribution in [0.3, 0.4) is 0 Å². The van der Waals surface area contributed by atoms with Crippen LogP contribution in [0.1, 0.15) is 24.8 Å². The molecule has 1 aliphatic rings. The van der Waals surface area contributed by atoms with Crippen molar-refractivity contribution in [3.8, 4) is 0 Å². The van der Waals surface area contributed by atoms with Crippen LogP contribution in [0.5, 0.6) is 0 Å². The summed E-state index contributed by atoms with van der Waals surface area (Å²) >= 11 is 3.51. The number of rotatable bonds is 1. The Labute approximate surface area is 98.2 Å². The molecule has 0 aromatic heterocycles. The molecule has 2 atom stereocenters. The molecule has 0 spiro atoms. The molecule has 0 bridgehead atoms. The fourth-order valence-electron chi connectivity index (χ4n) is 2.27. The molecule has 1 aromatic carbocycles. The van der Waals surface area contributed by atoms with Crippen LogP contribution in [0.15, 0.2) is 22.7 Å². The fourth-order valence-corrected chi connectivity index (χ4v) is 2.82. The van der Waals surface area contributed by atoms with Crippen LogP contribution >= 0.6 is 15.9 Å². The Kier molecular flexibility index (Phi) is 3.42. The van der Waals surface area contributed by atoms with E-state index in [1.165, 1.54) is 6.07 Å². The third-order valence-electron chi connectivity index (χ3n) is 3.14. The Morgan fingerprint density at radius 2 is 2.27 bits per heavy atom. The lowest BCUT2D eigenvalue weighted by molar-refractivity contribution is 0.348. The van der Waals surface area contributed by atoms with E-state index in [0.717, 1.165) is 29.5 Å². The third kappa shape index (κ3) is 2.40. The fraction of sp³-hybridized carbons (Fsp3) is 0.500. The van der Waals surface area contributed by atoms with E-state index in [9.17, 15) is 4.39 Å². The van der Waals surface area contributed by atoms with E-state index in [-0.39, 0.29) is 5.82 Å². The highest BCUT2D eigenvalue weighted by molar-refractivity contribution is 9.10. The van der Waals surface area contributed by atoms with Gasteiger partial charge in [0.2, 0.25) is 0 Å². The normalized spacial score (nSPS) is 26.6. The van der Waals surface area contributed by atoms with Crippen molar-refractivity contribution in [1.82, 2.24) is 5.32 Å². The SMILES string of the molecule is CC1CNCCC1c1cc(F)ccc1Br. The topological polar surface area (TPSA) is 12.0 Å². The van der Waals surface area contributed by atoms with E-state index in [2.05, 4.69) is 28.2 Å². The lowest BCUT2D eigenvalue weighted by Gasteiger charge is -2.30. The van der Waals surface area contributed by atoms with Gasteiger partial charge in [0, 0.05) is 4.47 Å². The summed E-state index contributed by atoms with van der Waals surface area (Å²) < 4.78 is 14.2. The Balaban J connectivity index is 2.30. The van der Waals surface area contributed by atoms with Crippen LogP contribution < -0.4 is 5.32 Å². The summed E-state index contributed by atoms with van der Waals surface area (Å²) in [5.41, 5.74) is 1.11. The van der Waals surface area contributed by atoms with E-state index < -0.39 is 0 Å². The smallest absolute Gasteiger partial charge is 0.123 e. The Bertz CT molecular complexity index is 353. The van der Waals surface area contributed by atoms with Crippen molar-refractivity contribution in [2.45, 2.75) is 19.3 Å². The molecule has 1 aromatic rings. The molecule has 1 nitrogen and oxygen atoms in total. The molecular weight excluding hydrogens is 257 g/mol. The number of nitrogens with one attached hydrogen (secondary N) is 1. The monoisotopic (exact) mass is 271 g/mol. The van der Waals surface area contributed by atoms with Crippen molar-refractivity contribution in [3.63, 3.8) is 0 Å². The van der Waals surface area contributed by atoms with Gasteiger partial charge in [-0.05, 0) is 55.1 Å². The quantitative estimate of drug-likeness (QED) is 0.827. The maximum atomic E-state index is 13.2. The van der Waals surface area contributed by atoms with E-state index in [0.29, 0.717) is 11.8 Å². The second kappa shape index (κ2) is 4.62. The molecule has 0 aliphatic carbocycles. The second-order valence-corrected chi connectivity index (χ2v) is 5.10. The van der Waals surface area contributed by atoms with Crippen molar-refractivity contribution in [1.29, 1.82) is 0 Å². The predicted octanol–water partition coefficient (Wildman–Crippen LogP) is 3.30. The first-order valence-electron chi connectivity index (χ1n) is 5.34. The molecule has 0 amide bonds. The van der Waals surface area contributed by atoms with Gasteiger partial charge in [0.25, 0.3) is 0 Å². The standard InChI is InChI=1S/C12H15BrFN/c1-8-7-15-5-4-10(8)11-6-9(14)2-3-12(11)13/h2-3,6,8,10,15H,4-5,7H2,1H3. The molecule has 82 valence electrons. The summed E-state index contributed by atoms with van der Waals surface area (Å²) in [5.74, 6) is 0.895. The first kappa shape index (κ1) is 11.1. The third-order valence-corrected chi connectivity index (χ3v) is 3.87. The number of halogens is 2. The van der Waals surface area contributed by atoms with Gasteiger partial charge < -0.3 is 5.32 Å². The minimum absolute atomic E-state index is 0.140. The van der Waals surface area contributed by atoms with Gasteiger partial charge in [0.1, 0.15) is 5.82 Å². The summed E-state index contributed by atoms with van der Waals surface area (Å²) in [7, 11) is 0. The zero-order chi connectivity index (χ0) is 10.8. The molecule has 1 N–H and O–H groups in total. The highest BCUT2D eigenvalue weighted by atomic mass is 79.9. The van der Waals surface area contributed by atoms with Gasteiger partial charge in [-0.25, -0.2) is 4.39 Å². The van der Waals surface area contributed by atoms with Gasteiger partial charge >= 0.3 is 0 Å². The van der Waals surface area contributed by atoms with Gasteiger partial charge in [-0.2, -0.15) is 0 Å². The van der Waals surface area contributed by atoms with Crippen LogP contribution in [-0.4, -0.2) is 13.1 Å². The van der Waals surface area contributed by atoms with Crippen molar-refractivity contribution < 1.29 is 4.39 Å². The lowest BCUT2D eigenvalue weighted by Crippen LogP contribution is -2.33. The summed E-state index contributed by atoms with van der Waals surface area (Å²) in [4.78, 5) is 0. The van der Waals surface area contributed by atoms with Gasteiger partial charge in [-0.3, -0.25) is 0 Å². The molecular formula is C12H15BrFN. The molecule has 1 saturated heterocycles. The minimum atomic E-state index is -0.140. The summed E-state index contributed by atoms with van der Waals surface area (Å²) in [5, 5.41) is 3.36. The number of hydrogen-bond donors (Lipinski definition) is 1. The summed E-state index contributed by atoms with van der Waals surface area (Å²) in [6, 6.07) is 4.97. The molecule has 0 radical (unpaired) electrons. The van der Waals surface area contributed by atoms with E-state index >= 15 is 0 Å². The molecule has 1 aliphatic heterocycles. The van der Waals surface area contributed by atoms with Crippen molar-refractivity contribution in [2.75, 3.05) is 13.1 Å². The molecule has 1 fully saturated rings. The Hall–Kier alpha value is -0.410. The highest BCUT2D eigenvalue weighted by Crippen LogP contribution is 2.34. The number of benzene rings is 1. The predicted molar refractivity (Wildman–Crippen MR) is 63.5 cm³/mol. The molecule has 2 rings (SSSR count).